The summed E-state index contributed by atoms with van der Waals surface area (Å²) in [7, 11) is 3.15. The van der Waals surface area contributed by atoms with Gasteiger partial charge in [0.1, 0.15) is 11.9 Å². The topological polar surface area (TPSA) is 59.6 Å². The monoisotopic (exact) mass is 340 g/mol. The van der Waals surface area contributed by atoms with Crippen molar-refractivity contribution in [3.63, 3.8) is 0 Å². The van der Waals surface area contributed by atoms with Gasteiger partial charge in [-0.3, -0.25) is 0 Å². The van der Waals surface area contributed by atoms with Crippen molar-refractivity contribution in [1.29, 1.82) is 0 Å². The summed E-state index contributed by atoms with van der Waals surface area (Å²) in [5, 5.41) is 5.52. The summed E-state index contributed by atoms with van der Waals surface area (Å²) in [6.45, 7) is 0.342. The van der Waals surface area contributed by atoms with E-state index in [4.69, 9.17) is 21.1 Å². The molecule has 22 heavy (non-hydrogen) atoms. The lowest BCUT2D eigenvalue weighted by Crippen LogP contribution is -2.32. The van der Waals surface area contributed by atoms with Gasteiger partial charge in [0.05, 0.1) is 23.7 Å². The highest BCUT2D eigenvalue weighted by Crippen LogP contribution is 2.28. The highest BCUT2D eigenvalue weighted by Gasteiger charge is 2.15. The lowest BCUT2D eigenvalue weighted by molar-refractivity contribution is 0.107. The zero-order valence-corrected chi connectivity index (χ0v) is 13.8. The van der Waals surface area contributed by atoms with Gasteiger partial charge in [-0.15, -0.1) is 11.3 Å². The first-order valence-electron chi connectivity index (χ1n) is 6.60. The number of rotatable bonds is 6. The Bertz CT molecular complexity index is 633. The van der Waals surface area contributed by atoms with E-state index in [9.17, 15) is 4.79 Å². The van der Waals surface area contributed by atoms with E-state index in [1.54, 1.807) is 26.4 Å². The molecule has 0 saturated carbocycles. The maximum absolute atomic E-state index is 12.0. The molecule has 118 valence electrons. The van der Waals surface area contributed by atoms with Gasteiger partial charge >= 0.3 is 6.03 Å². The van der Waals surface area contributed by atoms with E-state index < -0.39 is 0 Å². The second-order valence-electron chi connectivity index (χ2n) is 4.40. The van der Waals surface area contributed by atoms with Crippen LogP contribution in [0.15, 0.2) is 36.4 Å². The quantitative estimate of drug-likeness (QED) is 0.838. The van der Waals surface area contributed by atoms with E-state index in [2.05, 4.69) is 10.6 Å². The van der Waals surface area contributed by atoms with Crippen LogP contribution in [0, 0.1) is 0 Å². The Morgan fingerprint density at radius 2 is 2.05 bits per heavy atom. The van der Waals surface area contributed by atoms with E-state index >= 15 is 0 Å². The molecular formula is C15H17ClN2O3S. The molecule has 2 rings (SSSR count). The number of anilines is 1. The summed E-state index contributed by atoms with van der Waals surface area (Å²) in [5.74, 6) is 0.603. The van der Waals surface area contributed by atoms with E-state index in [1.165, 1.54) is 11.3 Å². The molecular weight excluding hydrogens is 324 g/mol. The molecule has 2 aromatic rings. The van der Waals surface area contributed by atoms with Crippen LogP contribution < -0.4 is 15.4 Å². The normalized spacial score (nSPS) is 11.8. The summed E-state index contributed by atoms with van der Waals surface area (Å²) in [6, 6.07) is 10.6. The molecule has 0 aliphatic heterocycles. The number of nitrogens with one attached hydrogen (secondary N) is 2. The van der Waals surface area contributed by atoms with Crippen LogP contribution in [-0.2, 0) is 4.74 Å². The number of thiophene rings is 1. The molecule has 0 radical (unpaired) electrons. The van der Waals surface area contributed by atoms with Gasteiger partial charge in [0.25, 0.3) is 0 Å². The first kappa shape index (κ1) is 16.6. The molecule has 0 bridgehead atoms. The minimum atomic E-state index is -0.325. The molecule has 1 aromatic carbocycles. The first-order valence-corrected chi connectivity index (χ1v) is 7.79. The van der Waals surface area contributed by atoms with E-state index in [-0.39, 0.29) is 12.1 Å². The summed E-state index contributed by atoms with van der Waals surface area (Å²) >= 11 is 7.35. The SMILES string of the molecule is COc1ccccc1NC(=O)NC[C@H](OC)c1ccc(Cl)s1. The molecule has 0 aliphatic carbocycles. The van der Waals surface area contributed by atoms with Crippen LogP contribution in [-0.4, -0.2) is 26.8 Å². The van der Waals surface area contributed by atoms with Crippen molar-refractivity contribution >= 4 is 34.7 Å². The number of para-hydroxylation sites is 2. The molecule has 1 heterocycles. The number of carbonyl (C=O) groups excluding carboxylic acids is 1. The Labute approximate surface area is 138 Å². The summed E-state index contributed by atoms with van der Waals surface area (Å²) in [4.78, 5) is 12.9. The second kappa shape index (κ2) is 8.03. The largest absolute Gasteiger partial charge is 0.495 e. The van der Waals surface area contributed by atoms with Crippen LogP contribution in [0.2, 0.25) is 4.34 Å². The smallest absolute Gasteiger partial charge is 0.319 e. The van der Waals surface area contributed by atoms with Crippen LogP contribution >= 0.6 is 22.9 Å². The van der Waals surface area contributed by atoms with Crippen LogP contribution in [0.1, 0.15) is 11.0 Å². The van der Waals surface area contributed by atoms with E-state index in [0.717, 1.165) is 4.88 Å². The predicted octanol–water partition coefficient (Wildman–Crippen LogP) is 3.92. The third-order valence-electron chi connectivity index (χ3n) is 3.00. The van der Waals surface area contributed by atoms with Gasteiger partial charge in [-0.1, -0.05) is 23.7 Å². The number of benzene rings is 1. The minimum absolute atomic E-state index is 0.235. The minimum Gasteiger partial charge on any atom is -0.495 e. The highest BCUT2D eigenvalue weighted by molar-refractivity contribution is 7.16. The number of hydrogen-bond acceptors (Lipinski definition) is 4. The molecule has 0 saturated heterocycles. The van der Waals surface area contributed by atoms with Crippen molar-refractivity contribution in [3.8, 4) is 5.75 Å². The van der Waals surface area contributed by atoms with Gasteiger partial charge in [0, 0.05) is 12.0 Å². The molecule has 1 aromatic heterocycles. The van der Waals surface area contributed by atoms with Crippen molar-refractivity contribution in [1.82, 2.24) is 5.32 Å². The molecule has 2 amide bonds. The lowest BCUT2D eigenvalue weighted by atomic mass is 10.3. The number of carbonyl (C=O) groups is 1. The standard InChI is InChI=1S/C15H17ClN2O3S/c1-20-11-6-4-3-5-10(11)18-15(19)17-9-12(21-2)13-7-8-14(16)22-13/h3-8,12H,9H2,1-2H3,(H2,17,18,19)/t12-/m0/s1. The van der Waals surface area contributed by atoms with E-state index in [0.29, 0.717) is 22.3 Å². The highest BCUT2D eigenvalue weighted by atomic mass is 35.5. The average Bonchev–Trinajstić information content (AvgIpc) is 2.95. The molecule has 1 atom stereocenters. The van der Waals surface area contributed by atoms with Crippen molar-refractivity contribution < 1.29 is 14.3 Å². The molecule has 0 aliphatic rings. The summed E-state index contributed by atoms with van der Waals surface area (Å²) < 4.78 is 11.3. The van der Waals surface area contributed by atoms with Gasteiger partial charge < -0.3 is 20.1 Å². The van der Waals surface area contributed by atoms with Crippen molar-refractivity contribution in [3.05, 3.63) is 45.6 Å². The number of halogens is 1. The van der Waals surface area contributed by atoms with Gasteiger partial charge in [0.15, 0.2) is 0 Å². The molecule has 0 spiro atoms. The van der Waals surface area contributed by atoms with Crippen LogP contribution in [0.3, 0.4) is 0 Å². The number of hydrogen-bond donors (Lipinski definition) is 2. The number of amides is 2. The van der Waals surface area contributed by atoms with Gasteiger partial charge in [-0.25, -0.2) is 4.79 Å². The lowest BCUT2D eigenvalue weighted by Gasteiger charge is -2.15. The van der Waals surface area contributed by atoms with Crippen LogP contribution in [0.5, 0.6) is 5.75 Å². The average molecular weight is 341 g/mol. The van der Waals surface area contributed by atoms with Crippen molar-refractivity contribution in [2.75, 3.05) is 26.1 Å². The molecule has 2 N–H and O–H groups in total. The summed E-state index contributed by atoms with van der Waals surface area (Å²) in [6.07, 6.45) is -0.235. The zero-order valence-electron chi connectivity index (χ0n) is 12.3. The molecule has 7 heteroatoms. The van der Waals surface area contributed by atoms with Crippen LogP contribution in [0.25, 0.3) is 0 Å². The third kappa shape index (κ3) is 4.37. The Balaban J connectivity index is 1.91. The first-order chi connectivity index (χ1) is 10.6. The number of urea groups is 1. The molecule has 0 unspecified atom stereocenters. The van der Waals surface area contributed by atoms with Crippen LogP contribution in [0.4, 0.5) is 10.5 Å². The predicted molar refractivity (Wildman–Crippen MR) is 89.1 cm³/mol. The van der Waals surface area contributed by atoms with Crippen molar-refractivity contribution in [2.45, 2.75) is 6.10 Å². The third-order valence-corrected chi connectivity index (χ3v) is 4.32. The maximum Gasteiger partial charge on any atom is 0.319 e. The van der Waals surface area contributed by atoms with Gasteiger partial charge in [0.2, 0.25) is 0 Å². The van der Waals surface area contributed by atoms with Crippen molar-refractivity contribution in [2.24, 2.45) is 0 Å². The molecule has 5 nitrogen and oxygen atoms in total. The van der Waals surface area contributed by atoms with Gasteiger partial charge in [-0.05, 0) is 24.3 Å². The van der Waals surface area contributed by atoms with E-state index in [1.807, 2.05) is 24.3 Å². The fourth-order valence-corrected chi connectivity index (χ4v) is 3.04. The number of ether oxygens (including phenoxy) is 2. The Morgan fingerprint density at radius 3 is 2.68 bits per heavy atom. The summed E-state index contributed by atoms with van der Waals surface area (Å²) in [5.41, 5.74) is 0.607. The fraction of sp³-hybridized carbons (Fsp3) is 0.267. The second-order valence-corrected chi connectivity index (χ2v) is 6.15. The Kier molecular flexibility index (Phi) is 6.06. The van der Waals surface area contributed by atoms with Gasteiger partial charge in [-0.2, -0.15) is 0 Å². The Hall–Kier alpha value is -1.76. The number of methoxy groups -OCH3 is 2. The molecule has 0 fully saturated rings. The zero-order chi connectivity index (χ0) is 15.9. The Morgan fingerprint density at radius 1 is 1.27 bits per heavy atom. The maximum atomic E-state index is 12.0. The fourth-order valence-electron chi connectivity index (χ4n) is 1.90.